The Hall–Kier alpha value is -2.17. The number of rotatable bonds is 3. The summed E-state index contributed by atoms with van der Waals surface area (Å²) in [5.74, 6) is -0.709. The number of aromatic nitrogens is 2. The van der Waals surface area contributed by atoms with Crippen LogP contribution in [-0.2, 0) is 6.54 Å². The molecule has 0 atom stereocenters. The van der Waals surface area contributed by atoms with Gasteiger partial charge in [-0.25, -0.2) is 9.37 Å². The largest absolute Gasteiger partial charge is 0.347 e. The van der Waals surface area contributed by atoms with Crippen molar-refractivity contribution >= 4 is 5.91 Å². The van der Waals surface area contributed by atoms with Crippen LogP contribution < -0.4 is 5.32 Å². The monoisotopic (exact) mass is 233 g/mol. The second-order valence-corrected chi connectivity index (χ2v) is 3.78. The van der Waals surface area contributed by atoms with Gasteiger partial charge in [-0.1, -0.05) is 0 Å². The lowest BCUT2D eigenvalue weighted by atomic mass is 10.1. The first-order valence-electron chi connectivity index (χ1n) is 5.18. The standard InChI is InChI=1S/C12H12FN3O/c1-8-2-9(4-10(13)3-8)12(17)15-6-11-5-14-7-16-11/h2-5,7H,6H2,1H3,(H,14,16)(H,15,17). The number of nitrogens with zero attached hydrogens (tertiary/aromatic N) is 1. The van der Waals surface area contributed by atoms with Gasteiger partial charge < -0.3 is 10.3 Å². The Balaban J connectivity index is 2.04. The molecule has 88 valence electrons. The van der Waals surface area contributed by atoms with E-state index in [1.807, 2.05) is 0 Å². The van der Waals surface area contributed by atoms with Crippen molar-refractivity contribution in [3.63, 3.8) is 0 Å². The Bertz CT molecular complexity index is 502. The molecule has 4 nitrogen and oxygen atoms in total. The summed E-state index contributed by atoms with van der Waals surface area (Å²) in [6.45, 7) is 2.09. The third-order valence-corrected chi connectivity index (χ3v) is 2.30. The van der Waals surface area contributed by atoms with E-state index in [4.69, 9.17) is 0 Å². The summed E-state index contributed by atoms with van der Waals surface area (Å²) in [5, 5.41) is 2.68. The molecule has 2 aromatic rings. The number of hydrogen-bond acceptors (Lipinski definition) is 2. The molecule has 17 heavy (non-hydrogen) atoms. The average Bonchev–Trinajstić information content (AvgIpc) is 2.77. The smallest absolute Gasteiger partial charge is 0.251 e. The van der Waals surface area contributed by atoms with E-state index in [2.05, 4.69) is 15.3 Å². The minimum atomic E-state index is -0.406. The Morgan fingerprint density at radius 1 is 1.47 bits per heavy atom. The summed E-state index contributed by atoms with van der Waals surface area (Å²) < 4.78 is 13.1. The molecule has 5 heteroatoms. The van der Waals surface area contributed by atoms with Gasteiger partial charge in [0, 0.05) is 11.8 Å². The second-order valence-electron chi connectivity index (χ2n) is 3.78. The van der Waals surface area contributed by atoms with Gasteiger partial charge in [-0.3, -0.25) is 4.79 Å². The summed E-state index contributed by atoms with van der Waals surface area (Å²) in [6.07, 6.45) is 3.16. The van der Waals surface area contributed by atoms with Gasteiger partial charge in [0.2, 0.25) is 0 Å². The molecule has 0 fully saturated rings. The molecule has 0 saturated carbocycles. The fourth-order valence-corrected chi connectivity index (χ4v) is 1.53. The Morgan fingerprint density at radius 2 is 2.29 bits per heavy atom. The van der Waals surface area contributed by atoms with E-state index < -0.39 is 5.82 Å². The molecule has 0 spiro atoms. The third kappa shape index (κ3) is 2.90. The highest BCUT2D eigenvalue weighted by Crippen LogP contribution is 2.08. The maximum absolute atomic E-state index is 13.1. The number of aromatic amines is 1. The zero-order chi connectivity index (χ0) is 12.3. The Kier molecular flexibility index (Phi) is 3.18. The summed E-state index contributed by atoms with van der Waals surface area (Å²) >= 11 is 0. The molecule has 0 aliphatic carbocycles. The average molecular weight is 233 g/mol. The topological polar surface area (TPSA) is 57.8 Å². The molecule has 0 unspecified atom stereocenters. The quantitative estimate of drug-likeness (QED) is 0.849. The van der Waals surface area contributed by atoms with Crippen molar-refractivity contribution in [2.24, 2.45) is 0 Å². The van der Waals surface area contributed by atoms with Gasteiger partial charge in [0.1, 0.15) is 5.82 Å². The van der Waals surface area contributed by atoms with Crippen molar-refractivity contribution in [1.29, 1.82) is 0 Å². The van der Waals surface area contributed by atoms with Crippen LogP contribution in [0.4, 0.5) is 4.39 Å². The number of H-pyrrole nitrogens is 1. The lowest BCUT2D eigenvalue weighted by Crippen LogP contribution is -2.23. The zero-order valence-corrected chi connectivity index (χ0v) is 9.33. The fourth-order valence-electron chi connectivity index (χ4n) is 1.53. The molecule has 0 bridgehead atoms. The van der Waals surface area contributed by atoms with E-state index >= 15 is 0 Å². The van der Waals surface area contributed by atoms with E-state index in [9.17, 15) is 9.18 Å². The molecule has 2 N–H and O–H groups in total. The van der Waals surface area contributed by atoms with Crippen molar-refractivity contribution in [3.05, 3.63) is 53.4 Å². The summed E-state index contributed by atoms with van der Waals surface area (Å²) in [6, 6.07) is 4.24. The number of halogens is 1. The number of carbonyl (C=O) groups is 1. The van der Waals surface area contributed by atoms with Crippen LogP contribution in [0.25, 0.3) is 0 Å². The van der Waals surface area contributed by atoms with E-state index in [0.717, 1.165) is 11.3 Å². The summed E-state index contributed by atoms with van der Waals surface area (Å²) in [7, 11) is 0. The van der Waals surface area contributed by atoms with Crippen LogP contribution in [-0.4, -0.2) is 15.9 Å². The van der Waals surface area contributed by atoms with E-state index in [1.165, 1.54) is 18.5 Å². The lowest BCUT2D eigenvalue weighted by molar-refractivity contribution is 0.0950. The molecule has 0 radical (unpaired) electrons. The number of nitrogens with one attached hydrogen (secondary N) is 2. The van der Waals surface area contributed by atoms with Gasteiger partial charge >= 0.3 is 0 Å². The highest BCUT2D eigenvalue weighted by atomic mass is 19.1. The minimum Gasteiger partial charge on any atom is -0.347 e. The molecule has 2 rings (SSSR count). The molecular weight excluding hydrogens is 221 g/mol. The number of benzene rings is 1. The molecular formula is C12H12FN3O. The number of amides is 1. The van der Waals surface area contributed by atoms with Crippen LogP contribution in [0.15, 0.2) is 30.7 Å². The van der Waals surface area contributed by atoms with Crippen LogP contribution >= 0.6 is 0 Å². The van der Waals surface area contributed by atoms with Crippen molar-refractivity contribution in [2.45, 2.75) is 13.5 Å². The van der Waals surface area contributed by atoms with Crippen LogP contribution in [0, 0.1) is 12.7 Å². The second kappa shape index (κ2) is 4.78. The summed E-state index contributed by atoms with van der Waals surface area (Å²) in [5.41, 5.74) is 1.84. The first-order valence-corrected chi connectivity index (χ1v) is 5.18. The SMILES string of the molecule is Cc1cc(F)cc(C(=O)NCc2cnc[nH]2)c1. The van der Waals surface area contributed by atoms with E-state index in [0.29, 0.717) is 12.1 Å². The highest BCUT2D eigenvalue weighted by Gasteiger charge is 2.07. The van der Waals surface area contributed by atoms with Gasteiger partial charge in [0.25, 0.3) is 5.91 Å². The fraction of sp³-hybridized carbons (Fsp3) is 0.167. The molecule has 0 aliphatic rings. The molecule has 1 aromatic carbocycles. The number of carbonyl (C=O) groups excluding carboxylic acids is 1. The number of hydrogen-bond donors (Lipinski definition) is 2. The maximum Gasteiger partial charge on any atom is 0.251 e. The summed E-state index contributed by atoms with van der Waals surface area (Å²) in [4.78, 5) is 18.4. The third-order valence-electron chi connectivity index (χ3n) is 2.30. The molecule has 1 heterocycles. The van der Waals surface area contributed by atoms with Crippen molar-refractivity contribution < 1.29 is 9.18 Å². The van der Waals surface area contributed by atoms with Gasteiger partial charge in [-0.2, -0.15) is 0 Å². The predicted octanol–water partition coefficient (Wildman–Crippen LogP) is 1.79. The molecule has 0 aliphatic heterocycles. The van der Waals surface area contributed by atoms with Crippen molar-refractivity contribution in [1.82, 2.24) is 15.3 Å². The Labute approximate surface area is 97.9 Å². The molecule has 1 amide bonds. The van der Waals surface area contributed by atoms with Crippen LogP contribution in [0.1, 0.15) is 21.6 Å². The van der Waals surface area contributed by atoms with E-state index in [-0.39, 0.29) is 5.91 Å². The number of imidazole rings is 1. The van der Waals surface area contributed by atoms with Gasteiger partial charge in [0.05, 0.1) is 18.6 Å². The highest BCUT2D eigenvalue weighted by molar-refractivity contribution is 5.94. The normalized spacial score (nSPS) is 10.2. The van der Waals surface area contributed by atoms with Crippen LogP contribution in [0.5, 0.6) is 0 Å². The van der Waals surface area contributed by atoms with Crippen LogP contribution in [0.2, 0.25) is 0 Å². The Morgan fingerprint density at radius 3 is 2.94 bits per heavy atom. The van der Waals surface area contributed by atoms with Gasteiger partial charge in [-0.05, 0) is 30.7 Å². The predicted molar refractivity (Wildman–Crippen MR) is 60.9 cm³/mol. The van der Waals surface area contributed by atoms with Gasteiger partial charge in [0.15, 0.2) is 0 Å². The first-order chi connectivity index (χ1) is 8.15. The minimum absolute atomic E-state index is 0.304. The van der Waals surface area contributed by atoms with Crippen molar-refractivity contribution in [2.75, 3.05) is 0 Å². The zero-order valence-electron chi connectivity index (χ0n) is 9.33. The van der Waals surface area contributed by atoms with Crippen LogP contribution in [0.3, 0.4) is 0 Å². The first kappa shape index (κ1) is 11.3. The van der Waals surface area contributed by atoms with Gasteiger partial charge in [-0.15, -0.1) is 0 Å². The van der Waals surface area contributed by atoms with Crippen molar-refractivity contribution in [3.8, 4) is 0 Å². The number of aryl methyl sites for hydroxylation is 1. The van der Waals surface area contributed by atoms with E-state index in [1.54, 1.807) is 19.2 Å². The molecule has 0 saturated heterocycles. The molecule has 1 aromatic heterocycles. The maximum atomic E-state index is 13.1. The lowest BCUT2D eigenvalue weighted by Gasteiger charge is -2.04.